The van der Waals surface area contributed by atoms with E-state index in [9.17, 15) is 0 Å². The Morgan fingerprint density at radius 2 is 2.11 bits per heavy atom. The second kappa shape index (κ2) is 3.58. The Balaban J connectivity index is 2.00. The van der Waals surface area contributed by atoms with Gasteiger partial charge in [0.1, 0.15) is 0 Å². The lowest BCUT2D eigenvalue weighted by atomic mass is 10.3. The fourth-order valence-corrected chi connectivity index (χ4v) is 2.34. The van der Waals surface area contributed by atoms with Crippen LogP contribution in [0.4, 0.5) is 5.95 Å². The molecular weight excluding hydrogens is 242 g/mol. The molecule has 0 bridgehead atoms. The summed E-state index contributed by atoms with van der Waals surface area (Å²) in [5.41, 5.74) is 8.59. The first-order valence-corrected chi connectivity index (χ1v) is 5.89. The van der Waals surface area contributed by atoms with E-state index >= 15 is 0 Å². The highest BCUT2D eigenvalue weighted by Crippen LogP contribution is 2.30. The van der Waals surface area contributed by atoms with Crippen molar-refractivity contribution >= 4 is 22.9 Å². The van der Waals surface area contributed by atoms with Gasteiger partial charge in [0.15, 0.2) is 12.1 Å². The number of aromatic nitrogens is 4. The smallest absolute Gasteiger partial charge is 0.212 e. The number of imidazole rings is 1. The number of fused-ring (bicyclic) bond motifs is 3. The summed E-state index contributed by atoms with van der Waals surface area (Å²) in [6.07, 6.45) is 1.42. The summed E-state index contributed by atoms with van der Waals surface area (Å²) in [6, 6.07) is 9.78. The molecule has 3 aromatic rings. The van der Waals surface area contributed by atoms with Crippen LogP contribution in [0.25, 0.3) is 11.0 Å². The summed E-state index contributed by atoms with van der Waals surface area (Å²) >= 11 is 0. The van der Waals surface area contributed by atoms with E-state index in [1.165, 1.54) is 0 Å². The van der Waals surface area contributed by atoms with Gasteiger partial charge in [0.05, 0.1) is 16.7 Å². The molecule has 1 aromatic carbocycles. The van der Waals surface area contributed by atoms with Crippen LogP contribution in [0.1, 0.15) is 11.9 Å². The molecule has 1 atom stereocenters. The number of guanidine groups is 1. The quantitative estimate of drug-likeness (QED) is 0.603. The fourth-order valence-electron chi connectivity index (χ4n) is 2.34. The second-order valence-corrected chi connectivity index (χ2v) is 4.32. The molecular formula is C12H11N7. The van der Waals surface area contributed by atoms with Gasteiger partial charge in [-0.1, -0.05) is 12.1 Å². The van der Waals surface area contributed by atoms with Gasteiger partial charge in [-0.15, -0.1) is 0 Å². The van der Waals surface area contributed by atoms with Crippen molar-refractivity contribution in [1.82, 2.24) is 19.7 Å². The first kappa shape index (κ1) is 10.1. The summed E-state index contributed by atoms with van der Waals surface area (Å²) in [7, 11) is 0. The summed E-state index contributed by atoms with van der Waals surface area (Å²) in [5.74, 6) is 1.04. The molecule has 0 aliphatic carbocycles. The van der Waals surface area contributed by atoms with Gasteiger partial charge >= 0.3 is 0 Å². The van der Waals surface area contributed by atoms with Crippen molar-refractivity contribution in [2.75, 3.05) is 5.32 Å². The molecule has 0 radical (unpaired) electrons. The van der Waals surface area contributed by atoms with Gasteiger partial charge in [-0.25, -0.2) is 9.98 Å². The van der Waals surface area contributed by atoms with Crippen LogP contribution in [-0.4, -0.2) is 25.7 Å². The van der Waals surface area contributed by atoms with E-state index in [4.69, 9.17) is 5.73 Å². The number of hydrogen-bond donors (Lipinski definition) is 3. The van der Waals surface area contributed by atoms with Gasteiger partial charge in [-0.05, 0) is 18.2 Å². The number of rotatable bonds is 1. The molecule has 0 saturated carbocycles. The van der Waals surface area contributed by atoms with Crippen LogP contribution in [0.2, 0.25) is 0 Å². The normalized spacial score (nSPS) is 17.9. The Morgan fingerprint density at radius 3 is 2.95 bits per heavy atom. The molecule has 7 nitrogen and oxygen atoms in total. The molecule has 3 heterocycles. The molecule has 19 heavy (non-hydrogen) atoms. The number of nitrogens with zero attached hydrogens (tertiary/aromatic N) is 4. The fraction of sp³-hybridized carbons (Fsp3) is 0.0833. The molecule has 0 fully saturated rings. The Hall–Kier alpha value is -2.83. The minimum Gasteiger partial charge on any atom is -0.370 e. The predicted molar refractivity (Wildman–Crippen MR) is 71.7 cm³/mol. The lowest BCUT2D eigenvalue weighted by molar-refractivity contribution is 0.606. The maximum Gasteiger partial charge on any atom is 0.212 e. The van der Waals surface area contributed by atoms with Crippen LogP contribution in [0.5, 0.6) is 0 Å². The standard InChI is InChI=1S/C12H11N7/c13-11-16-10(8-5-6-14-18-8)19-9-4-2-1-3-7(9)15-12(19)17-11/h1-6,10H,(H,14,18)(H3,13,15,16,17)/t10-/m0/s1. The van der Waals surface area contributed by atoms with E-state index in [1.54, 1.807) is 6.20 Å². The van der Waals surface area contributed by atoms with E-state index in [0.717, 1.165) is 16.7 Å². The molecule has 1 aliphatic heterocycles. The highest BCUT2D eigenvalue weighted by Gasteiger charge is 2.25. The second-order valence-electron chi connectivity index (χ2n) is 4.32. The van der Waals surface area contributed by atoms with Gasteiger partial charge in [0.25, 0.3) is 0 Å². The van der Waals surface area contributed by atoms with Crippen molar-refractivity contribution in [3.63, 3.8) is 0 Å². The number of aliphatic imine (C=N–C) groups is 1. The Bertz CT molecular complexity index is 769. The van der Waals surface area contributed by atoms with Crippen LogP contribution < -0.4 is 11.1 Å². The molecule has 0 amide bonds. The highest BCUT2D eigenvalue weighted by molar-refractivity contribution is 5.94. The summed E-state index contributed by atoms with van der Waals surface area (Å²) in [6.45, 7) is 0. The minimum atomic E-state index is -0.272. The molecule has 94 valence electrons. The number of nitrogens with one attached hydrogen (secondary N) is 2. The lowest BCUT2D eigenvalue weighted by Gasteiger charge is -2.22. The maximum atomic E-state index is 5.82. The SMILES string of the molecule is NC1=N[C@H](c2ccn[nH]2)n2c(nc3ccccc32)N1. The van der Waals surface area contributed by atoms with Gasteiger partial charge in [-0.3, -0.25) is 15.0 Å². The average Bonchev–Trinajstić information content (AvgIpc) is 3.04. The number of aromatic amines is 1. The average molecular weight is 253 g/mol. The largest absolute Gasteiger partial charge is 0.370 e. The van der Waals surface area contributed by atoms with Crippen molar-refractivity contribution in [1.29, 1.82) is 0 Å². The molecule has 4 N–H and O–H groups in total. The number of para-hydroxylation sites is 2. The Labute approximate surface area is 108 Å². The number of benzene rings is 1. The number of anilines is 1. The van der Waals surface area contributed by atoms with Crippen LogP contribution in [0.3, 0.4) is 0 Å². The first-order chi connectivity index (χ1) is 9.33. The van der Waals surface area contributed by atoms with Gasteiger partial charge in [0, 0.05) is 6.20 Å². The maximum absolute atomic E-state index is 5.82. The molecule has 4 rings (SSSR count). The van der Waals surface area contributed by atoms with Gasteiger partial charge in [0.2, 0.25) is 5.95 Å². The van der Waals surface area contributed by atoms with E-state index in [2.05, 4.69) is 25.5 Å². The van der Waals surface area contributed by atoms with Crippen molar-refractivity contribution < 1.29 is 0 Å². The van der Waals surface area contributed by atoms with Crippen molar-refractivity contribution in [3.8, 4) is 0 Å². The zero-order valence-corrected chi connectivity index (χ0v) is 9.91. The third kappa shape index (κ3) is 1.41. The van der Waals surface area contributed by atoms with Gasteiger partial charge in [-0.2, -0.15) is 5.10 Å². The Morgan fingerprint density at radius 1 is 1.21 bits per heavy atom. The van der Waals surface area contributed by atoms with Crippen molar-refractivity contribution in [2.45, 2.75) is 6.17 Å². The zero-order chi connectivity index (χ0) is 12.8. The number of nitrogens with two attached hydrogens (primary N) is 1. The van der Waals surface area contributed by atoms with Crippen LogP contribution >= 0.6 is 0 Å². The summed E-state index contributed by atoms with van der Waals surface area (Å²) in [4.78, 5) is 8.94. The van der Waals surface area contributed by atoms with Gasteiger partial charge < -0.3 is 5.73 Å². The molecule has 7 heteroatoms. The van der Waals surface area contributed by atoms with Crippen LogP contribution in [0.15, 0.2) is 41.5 Å². The van der Waals surface area contributed by atoms with E-state index in [1.807, 2.05) is 34.9 Å². The third-order valence-corrected chi connectivity index (χ3v) is 3.14. The molecule has 0 unspecified atom stereocenters. The van der Waals surface area contributed by atoms with Crippen molar-refractivity contribution in [2.24, 2.45) is 10.7 Å². The van der Waals surface area contributed by atoms with E-state index in [0.29, 0.717) is 11.9 Å². The summed E-state index contributed by atoms with van der Waals surface area (Å²) < 4.78 is 2.00. The number of H-pyrrole nitrogens is 1. The van der Waals surface area contributed by atoms with Crippen LogP contribution in [0, 0.1) is 0 Å². The molecule has 2 aromatic heterocycles. The topological polar surface area (TPSA) is 96.9 Å². The molecule has 0 saturated heterocycles. The highest BCUT2D eigenvalue weighted by atomic mass is 15.4. The Kier molecular flexibility index (Phi) is 1.91. The lowest BCUT2D eigenvalue weighted by Crippen LogP contribution is -2.31. The zero-order valence-electron chi connectivity index (χ0n) is 9.91. The molecule has 0 spiro atoms. The molecule has 1 aliphatic rings. The monoisotopic (exact) mass is 253 g/mol. The van der Waals surface area contributed by atoms with Crippen molar-refractivity contribution in [3.05, 3.63) is 42.2 Å². The van der Waals surface area contributed by atoms with Crippen LogP contribution in [-0.2, 0) is 0 Å². The first-order valence-electron chi connectivity index (χ1n) is 5.89. The summed E-state index contributed by atoms with van der Waals surface area (Å²) in [5, 5.41) is 9.89. The van der Waals surface area contributed by atoms with E-state index < -0.39 is 0 Å². The minimum absolute atomic E-state index is 0.272. The predicted octanol–water partition coefficient (Wildman–Crippen LogP) is 1.05. The third-order valence-electron chi connectivity index (χ3n) is 3.14. The van der Waals surface area contributed by atoms with E-state index in [-0.39, 0.29) is 6.17 Å². The number of hydrogen-bond acceptors (Lipinski definition) is 5.